The van der Waals surface area contributed by atoms with Crippen LogP contribution in [0.1, 0.15) is 12.6 Å². The molecule has 1 rings (SSSR count). The summed E-state index contributed by atoms with van der Waals surface area (Å²) in [5, 5.41) is 0. The minimum atomic E-state index is -0.787. The molecule has 0 unspecified atom stereocenters. The zero-order valence-corrected chi connectivity index (χ0v) is 9.96. The van der Waals surface area contributed by atoms with Crippen LogP contribution < -0.4 is 4.72 Å². The lowest BCUT2D eigenvalue weighted by Gasteiger charge is -2.31. The quantitative estimate of drug-likeness (QED) is 0.772. The highest BCUT2D eigenvalue weighted by Crippen LogP contribution is 2.44. The van der Waals surface area contributed by atoms with Gasteiger partial charge in [0.15, 0.2) is 0 Å². The Bertz CT molecular complexity index is 310. The van der Waals surface area contributed by atoms with Crippen LogP contribution in [0.2, 0.25) is 0 Å². The predicted molar refractivity (Wildman–Crippen MR) is 64.8 cm³/mol. The molecule has 0 aromatic heterocycles. The maximum Gasteiger partial charge on any atom is 0.00195 e. The fourth-order valence-electron chi connectivity index (χ4n) is 1.15. The van der Waals surface area contributed by atoms with Gasteiger partial charge in [-0.25, -0.2) is 0 Å². The molecule has 76 valence electrons. The summed E-state index contributed by atoms with van der Waals surface area (Å²) < 4.78 is 3.39. The van der Waals surface area contributed by atoms with Gasteiger partial charge in [-0.05, 0) is 56.7 Å². The zero-order valence-electron chi connectivity index (χ0n) is 9.14. The fourth-order valence-corrected chi connectivity index (χ4v) is 2.26. The van der Waals surface area contributed by atoms with Gasteiger partial charge in [0, 0.05) is 6.32 Å². The maximum absolute atomic E-state index is 3.39. The van der Waals surface area contributed by atoms with Gasteiger partial charge < -0.3 is 0 Å². The van der Waals surface area contributed by atoms with Crippen molar-refractivity contribution < 1.29 is 1.43 Å². The molecule has 1 aromatic rings. The van der Waals surface area contributed by atoms with E-state index in [9.17, 15) is 0 Å². The van der Waals surface area contributed by atoms with E-state index in [0.29, 0.717) is 0 Å². The van der Waals surface area contributed by atoms with Gasteiger partial charge in [0.2, 0.25) is 0 Å². The van der Waals surface area contributed by atoms with Crippen LogP contribution in [0.3, 0.4) is 0 Å². The van der Waals surface area contributed by atoms with Crippen molar-refractivity contribution in [2.24, 2.45) is 0 Å². The van der Waals surface area contributed by atoms with Gasteiger partial charge in [-0.2, -0.15) is 10.2 Å². The number of nitrogens with one attached hydrogen (secondary N) is 1. The van der Waals surface area contributed by atoms with Crippen LogP contribution >= 0.6 is 10.2 Å². The largest absolute Gasteiger partial charge is 0.280 e. The van der Waals surface area contributed by atoms with E-state index >= 15 is 0 Å². The molecule has 1 nitrogen and oxygen atoms in total. The Morgan fingerprint density at radius 3 is 2.23 bits per heavy atom. The van der Waals surface area contributed by atoms with Crippen LogP contribution in [0.25, 0.3) is 0 Å². The Kier molecular flexibility index (Phi) is 3.04. The van der Waals surface area contributed by atoms with Gasteiger partial charge in [0.1, 0.15) is 0 Å². The van der Waals surface area contributed by atoms with Crippen molar-refractivity contribution in [3.8, 4) is 0 Å². The second-order valence-electron chi connectivity index (χ2n) is 3.78. The molecular formula is C11H21NS. The summed E-state index contributed by atoms with van der Waals surface area (Å²) in [5.74, 6) is 0. The lowest BCUT2D eigenvalue weighted by Crippen LogP contribution is -2.13. The zero-order chi connectivity index (χ0) is 10.1. The van der Waals surface area contributed by atoms with Crippen LogP contribution in [0, 0.1) is 13.8 Å². The molecule has 0 radical (unpaired) electrons. The Morgan fingerprint density at radius 2 is 1.77 bits per heavy atom. The highest BCUT2D eigenvalue weighted by atomic mass is 32.3. The first-order valence-corrected chi connectivity index (χ1v) is 6.91. The topological polar surface area (TPSA) is 12.0 Å². The minimum absolute atomic E-state index is 0. The highest BCUT2D eigenvalue weighted by Gasteiger charge is 2.11. The van der Waals surface area contributed by atoms with E-state index in [2.05, 4.69) is 49.3 Å². The van der Waals surface area contributed by atoms with Gasteiger partial charge in [-0.1, -0.05) is 6.07 Å². The van der Waals surface area contributed by atoms with Crippen LogP contribution in [-0.2, 0) is 0 Å². The molecule has 0 fully saturated rings. The highest BCUT2D eigenvalue weighted by molar-refractivity contribution is 8.31. The molecule has 0 heterocycles. The van der Waals surface area contributed by atoms with Crippen molar-refractivity contribution in [2.45, 2.75) is 18.7 Å². The molecule has 0 saturated heterocycles. The van der Waals surface area contributed by atoms with E-state index in [1.807, 2.05) is 7.05 Å². The first-order valence-electron chi connectivity index (χ1n) is 4.46. The third-order valence-electron chi connectivity index (χ3n) is 2.58. The Labute approximate surface area is 84.5 Å². The Morgan fingerprint density at radius 1 is 1.15 bits per heavy atom. The van der Waals surface area contributed by atoms with E-state index in [4.69, 9.17) is 0 Å². The van der Waals surface area contributed by atoms with Gasteiger partial charge in [-0.3, -0.25) is 4.72 Å². The van der Waals surface area contributed by atoms with Crippen LogP contribution in [0.5, 0.6) is 0 Å². The van der Waals surface area contributed by atoms with Crippen molar-refractivity contribution in [1.82, 2.24) is 4.72 Å². The molecule has 0 spiro atoms. The molecule has 0 saturated carbocycles. The first kappa shape index (κ1) is 10.6. The third kappa shape index (κ3) is 2.26. The summed E-state index contributed by atoms with van der Waals surface area (Å²) in [5.41, 5.74) is 2.75. The number of hydrogen-bond donors (Lipinski definition) is 1. The molecule has 13 heavy (non-hydrogen) atoms. The predicted octanol–water partition coefficient (Wildman–Crippen LogP) is 3.11. The molecule has 0 aliphatic heterocycles. The fraction of sp³-hybridized carbons (Fsp3) is 0.455. The van der Waals surface area contributed by atoms with Crippen molar-refractivity contribution in [3.05, 3.63) is 29.3 Å². The molecule has 0 aliphatic rings. The molecule has 1 aromatic carbocycles. The molecule has 1 N–H and O–H groups in total. The van der Waals surface area contributed by atoms with Crippen LogP contribution in [-0.4, -0.2) is 19.6 Å². The van der Waals surface area contributed by atoms with Crippen LogP contribution in [0.15, 0.2) is 23.1 Å². The first-order chi connectivity index (χ1) is 5.97. The number of rotatable bonds is 2. The Hall–Kier alpha value is -0.470. The molecule has 2 heteroatoms. The van der Waals surface area contributed by atoms with E-state index in [1.54, 1.807) is 0 Å². The standard InChI is InChI=1S/C11H19NS.H2/c1-9-6-7-11(8-10(9)2)13(4,5)12-3;/h6-8,12H,1-5H3;1H. The molecular weight excluding hydrogens is 178 g/mol. The summed E-state index contributed by atoms with van der Waals surface area (Å²) in [4.78, 5) is 1.43. The van der Waals surface area contributed by atoms with Gasteiger partial charge in [-0.15, -0.1) is 0 Å². The lowest BCUT2D eigenvalue weighted by atomic mass is 10.1. The molecule has 0 aliphatic carbocycles. The smallest absolute Gasteiger partial charge is 0.00195 e. The maximum atomic E-state index is 3.39. The van der Waals surface area contributed by atoms with Crippen molar-refractivity contribution in [2.75, 3.05) is 19.6 Å². The molecule has 0 bridgehead atoms. The van der Waals surface area contributed by atoms with Crippen molar-refractivity contribution in [1.29, 1.82) is 0 Å². The number of benzene rings is 1. The summed E-state index contributed by atoms with van der Waals surface area (Å²) in [6.07, 6.45) is 4.55. The summed E-state index contributed by atoms with van der Waals surface area (Å²) in [7, 11) is 1.24. The molecule has 0 atom stereocenters. The van der Waals surface area contributed by atoms with Crippen LogP contribution in [0.4, 0.5) is 0 Å². The number of aryl methyl sites for hydroxylation is 2. The van der Waals surface area contributed by atoms with Gasteiger partial charge in [0.05, 0.1) is 0 Å². The normalized spacial score (nSPS) is 13.0. The lowest BCUT2D eigenvalue weighted by molar-refractivity contribution is 1.21. The second kappa shape index (κ2) is 3.72. The summed E-state index contributed by atoms with van der Waals surface area (Å²) in [6.45, 7) is 4.32. The Balaban J connectivity index is 0.00000169. The monoisotopic (exact) mass is 199 g/mol. The minimum Gasteiger partial charge on any atom is -0.280 e. The van der Waals surface area contributed by atoms with E-state index < -0.39 is 10.2 Å². The SMILES string of the molecule is CNS(C)(C)c1ccc(C)c(C)c1.[HH]. The van der Waals surface area contributed by atoms with Crippen molar-refractivity contribution >= 4 is 10.2 Å². The van der Waals surface area contributed by atoms with Gasteiger partial charge in [0.25, 0.3) is 0 Å². The van der Waals surface area contributed by atoms with E-state index in [-0.39, 0.29) is 1.43 Å². The van der Waals surface area contributed by atoms with Gasteiger partial charge >= 0.3 is 0 Å². The second-order valence-corrected chi connectivity index (χ2v) is 7.31. The van der Waals surface area contributed by atoms with Crippen molar-refractivity contribution in [3.63, 3.8) is 0 Å². The average molecular weight is 199 g/mol. The summed E-state index contributed by atoms with van der Waals surface area (Å²) >= 11 is 0. The van der Waals surface area contributed by atoms with E-state index in [0.717, 1.165) is 0 Å². The van der Waals surface area contributed by atoms with E-state index in [1.165, 1.54) is 16.0 Å². The summed E-state index contributed by atoms with van der Waals surface area (Å²) in [6, 6.07) is 6.73. The third-order valence-corrected chi connectivity index (χ3v) is 5.03. The average Bonchev–Trinajstić information content (AvgIpc) is 2.09. The molecule has 0 amide bonds. The number of hydrogen-bond acceptors (Lipinski definition) is 1.